The molecule has 7 nitrogen and oxygen atoms in total. The molecule has 1 aromatic carbocycles. The van der Waals surface area contributed by atoms with Gasteiger partial charge in [0.1, 0.15) is 0 Å². The molecule has 1 unspecified atom stereocenters. The molecule has 1 aliphatic heterocycles. The predicted octanol–water partition coefficient (Wildman–Crippen LogP) is 2.53. The van der Waals surface area contributed by atoms with E-state index in [2.05, 4.69) is 32.4 Å². The highest BCUT2D eigenvalue weighted by Crippen LogP contribution is 2.23. The third kappa shape index (κ3) is 3.80. The van der Waals surface area contributed by atoms with Gasteiger partial charge >= 0.3 is 0 Å². The zero-order chi connectivity index (χ0) is 18.8. The zero-order valence-electron chi connectivity index (χ0n) is 14.8. The average Bonchev–Trinajstić information content (AvgIpc) is 3.22. The molecule has 1 saturated heterocycles. The third-order valence-corrected chi connectivity index (χ3v) is 5.58. The molecule has 1 fully saturated rings. The quantitative estimate of drug-likeness (QED) is 0.682. The van der Waals surface area contributed by atoms with Crippen LogP contribution in [0.1, 0.15) is 11.3 Å². The van der Waals surface area contributed by atoms with Crippen molar-refractivity contribution in [1.82, 2.24) is 20.3 Å². The Balaban J connectivity index is 1.42. The van der Waals surface area contributed by atoms with Crippen LogP contribution in [0.5, 0.6) is 0 Å². The Morgan fingerprint density at radius 3 is 2.89 bits per heavy atom. The molecule has 0 radical (unpaired) electrons. The van der Waals surface area contributed by atoms with Crippen LogP contribution in [0.3, 0.4) is 0 Å². The molecule has 0 aliphatic carbocycles. The summed E-state index contributed by atoms with van der Waals surface area (Å²) in [5.74, 6) is 0.361. The molecule has 2 N–H and O–H groups in total. The van der Waals surface area contributed by atoms with Gasteiger partial charge in [-0.05, 0) is 24.1 Å². The van der Waals surface area contributed by atoms with Gasteiger partial charge in [-0.25, -0.2) is 9.97 Å². The number of amides is 2. The molecule has 138 valence electrons. The van der Waals surface area contributed by atoms with Crippen molar-refractivity contribution < 1.29 is 9.59 Å². The Kier molecular flexibility index (Phi) is 4.81. The van der Waals surface area contributed by atoms with E-state index in [-0.39, 0.29) is 11.1 Å². The first-order valence-corrected chi connectivity index (χ1v) is 9.57. The summed E-state index contributed by atoms with van der Waals surface area (Å²) in [6.07, 6.45) is 5.01. The second-order valence-corrected chi connectivity index (χ2v) is 7.64. The van der Waals surface area contributed by atoms with Crippen LogP contribution < -0.4 is 10.2 Å². The molecular formula is C19H19N5O2S. The number of thioether (sulfide) groups is 1. The van der Waals surface area contributed by atoms with E-state index in [9.17, 15) is 9.59 Å². The van der Waals surface area contributed by atoms with Crippen LogP contribution in [0.2, 0.25) is 0 Å². The fourth-order valence-electron chi connectivity index (χ4n) is 3.13. The summed E-state index contributed by atoms with van der Waals surface area (Å²) in [7, 11) is 1.95. The van der Waals surface area contributed by atoms with E-state index >= 15 is 0 Å². The molecule has 3 heterocycles. The second kappa shape index (κ2) is 7.40. The number of nitrogens with zero attached hydrogens (tertiary/aromatic N) is 3. The lowest BCUT2D eigenvalue weighted by Crippen LogP contribution is -2.26. The van der Waals surface area contributed by atoms with Gasteiger partial charge in [-0.2, -0.15) is 0 Å². The maximum absolute atomic E-state index is 11.7. The fourth-order valence-corrected chi connectivity index (χ4v) is 3.96. The first kappa shape index (κ1) is 17.5. The molecule has 2 aromatic heterocycles. The first-order chi connectivity index (χ1) is 13.1. The van der Waals surface area contributed by atoms with E-state index in [1.54, 1.807) is 12.3 Å². The lowest BCUT2D eigenvalue weighted by atomic mass is 10.1. The summed E-state index contributed by atoms with van der Waals surface area (Å²) in [6.45, 7) is 0.766. The maximum Gasteiger partial charge on any atom is 0.286 e. The summed E-state index contributed by atoms with van der Waals surface area (Å²) >= 11 is 1.02. The number of likely N-dealkylation sites (N-methyl/N-ethyl adjacent to an activating group) is 1. The van der Waals surface area contributed by atoms with Crippen molar-refractivity contribution in [3.63, 3.8) is 0 Å². The Morgan fingerprint density at radius 1 is 1.22 bits per heavy atom. The molecule has 3 aromatic rings. The summed E-state index contributed by atoms with van der Waals surface area (Å²) in [4.78, 5) is 37.2. The van der Waals surface area contributed by atoms with Crippen molar-refractivity contribution >= 4 is 39.8 Å². The molecule has 0 spiro atoms. The lowest BCUT2D eigenvalue weighted by molar-refractivity contribution is -0.118. The van der Waals surface area contributed by atoms with Gasteiger partial charge in [-0.1, -0.05) is 30.0 Å². The largest absolute Gasteiger partial charge is 0.361 e. The highest BCUT2D eigenvalue weighted by Gasteiger charge is 2.32. The lowest BCUT2D eigenvalue weighted by Gasteiger charge is -2.17. The van der Waals surface area contributed by atoms with Gasteiger partial charge in [0.2, 0.25) is 11.9 Å². The Hall–Kier alpha value is -2.87. The van der Waals surface area contributed by atoms with Gasteiger partial charge in [0.15, 0.2) is 0 Å². The molecule has 27 heavy (non-hydrogen) atoms. The van der Waals surface area contributed by atoms with E-state index < -0.39 is 5.25 Å². The average molecular weight is 381 g/mol. The minimum Gasteiger partial charge on any atom is -0.361 e. The standard InChI is InChI=1S/C19H19N5O2S/c1-24(9-7-12-11-21-15-5-3-2-4-14(12)15)18-20-8-6-13(22-18)10-16-17(25)23-19(26)27-16/h2-6,8,11,16,21H,7,9-10H2,1H3,(H,23,25,26). The van der Waals surface area contributed by atoms with E-state index in [1.165, 1.54) is 10.9 Å². The summed E-state index contributed by atoms with van der Waals surface area (Å²) in [6, 6.07) is 10.0. The Morgan fingerprint density at radius 2 is 2.07 bits per heavy atom. The minimum absolute atomic E-state index is 0.252. The van der Waals surface area contributed by atoms with E-state index in [1.807, 2.05) is 30.3 Å². The number of aromatic nitrogens is 3. The van der Waals surface area contributed by atoms with Crippen molar-refractivity contribution in [2.75, 3.05) is 18.5 Å². The molecule has 0 saturated carbocycles. The second-order valence-electron chi connectivity index (χ2n) is 6.47. The molecule has 1 atom stereocenters. The number of para-hydroxylation sites is 1. The van der Waals surface area contributed by atoms with Crippen LogP contribution in [0.4, 0.5) is 10.7 Å². The van der Waals surface area contributed by atoms with E-state index in [0.717, 1.165) is 35.9 Å². The van der Waals surface area contributed by atoms with Crippen molar-refractivity contribution in [3.8, 4) is 0 Å². The number of hydrogen-bond donors (Lipinski definition) is 2. The monoisotopic (exact) mass is 381 g/mol. The van der Waals surface area contributed by atoms with Gasteiger partial charge < -0.3 is 9.88 Å². The molecule has 4 rings (SSSR count). The summed E-state index contributed by atoms with van der Waals surface area (Å²) in [5, 5.41) is 2.82. The summed E-state index contributed by atoms with van der Waals surface area (Å²) in [5.41, 5.74) is 3.14. The van der Waals surface area contributed by atoms with Gasteiger partial charge in [0.05, 0.1) is 5.25 Å². The number of fused-ring (bicyclic) bond motifs is 1. The number of H-pyrrole nitrogens is 1. The summed E-state index contributed by atoms with van der Waals surface area (Å²) < 4.78 is 0. The van der Waals surface area contributed by atoms with Crippen molar-refractivity contribution in [2.45, 2.75) is 18.1 Å². The van der Waals surface area contributed by atoms with Crippen molar-refractivity contribution in [2.24, 2.45) is 0 Å². The number of carbonyl (C=O) groups is 2. The number of imide groups is 1. The smallest absolute Gasteiger partial charge is 0.286 e. The minimum atomic E-state index is -0.420. The number of aromatic amines is 1. The number of benzene rings is 1. The highest BCUT2D eigenvalue weighted by molar-refractivity contribution is 8.15. The van der Waals surface area contributed by atoms with Crippen LogP contribution in [0, 0.1) is 0 Å². The third-order valence-electron chi connectivity index (χ3n) is 4.59. The highest BCUT2D eigenvalue weighted by atomic mass is 32.2. The predicted molar refractivity (Wildman–Crippen MR) is 106 cm³/mol. The molecular weight excluding hydrogens is 362 g/mol. The van der Waals surface area contributed by atoms with Crippen molar-refractivity contribution in [1.29, 1.82) is 0 Å². The number of nitrogens with one attached hydrogen (secondary N) is 2. The van der Waals surface area contributed by atoms with Crippen molar-refractivity contribution in [3.05, 3.63) is 54.0 Å². The van der Waals surface area contributed by atoms with Crippen LogP contribution in [0.15, 0.2) is 42.7 Å². The van der Waals surface area contributed by atoms with Gasteiger partial charge in [0.25, 0.3) is 5.24 Å². The Bertz CT molecular complexity index is 1000. The van der Waals surface area contributed by atoms with E-state index in [4.69, 9.17) is 0 Å². The van der Waals surface area contributed by atoms with Crippen LogP contribution in [0.25, 0.3) is 10.9 Å². The number of carbonyl (C=O) groups excluding carboxylic acids is 2. The number of rotatable bonds is 6. The molecule has 0 bridgehead atoms. The molecule has 1 aliphatic rings. The Labute approximate surface area is 160 Å². The first-order valence-electron chi connectivity index (χ1n) is 8.69. The maximum atomic E-state index is 11.7. The molecule has 2 amide bonds. The topological polar surface area (TPSA) is 91.0 Å². The van der Waals surface area contributed by atoms with E-state index in [0.29, 0.717) is 12.4 Å². The fraction of sp³-hybridized carbons (Fsp3) is 0.263. The normalized spacial score (nSPS) is 16.7. The zero-order valence-corrected chi connectivity index (χ0v) is 15.6. The van der Waals surface area contributed by atoms with Gasteiger partial charge in [0, 0.05) is 49.0 Å². The SMILES string of the molecule is CN(CCc1c[nH]c2ccccc12)c1nccc(CC2SC(=O)NC2=O)n1. The van der Waals surface area contributed by atoms with Gasteiger partial charge in [-0.15, -0.1) is 0 Å². The number of hydrogen-bond acceptors (Lipinski definition) is 6. The van der Waals surface area contributed by atoms with Crippen LogP contribution in [-0.2, 0) is 17.6 Å². The van der Waals surface area contributed by atoms with Crippen LogP contribution >= 0.6 is 11.8 Å². The number of anilines is 1. The van der Waals surface area contributed by atoms with Crippen LogP contribution in [-0.4, -0.2) is 44.9 Å². The molecule has 8 heteroatoms. The van der Waals surface area contributed by atoms with Gasteiger partial charge in [-0.3, -0.25) is 14.9 Å².